The Hall–Kier alpha value is -3.37. The maximum atomic E-state index is 13.4. The third kappa shape index (κ3) is 4.57. The van der Waals surface area contributed by atoms with E-state index < -0.39 is 23.7 Å². The van der Waals surface area contributed by atoms with Crippen LogP contribution >= 0.6 is 0 Å². The Labute approximate surface area is 190 Å². The van der Waals surface area contributed by atoms with Crippen LogP contribution in [0.5, 0.6) is 0 Å². The van der Waals surface area contributed by atoms with Crippen LogP contribution in [0.1, 0.15) is 33.1 Å². The van der Waals surface area contributed by atoms with Gasteiger partial charge in [0.15, 0.2) is 0 Å². The van der Waals surface area contributed by atoms with Crippen molar-refractivity contribution in [3.05, 3.63) is 35.3 Å². The van der Waals surface area contributed by atoms with Crippen LogP contribution in [0.4, 0.5) is 20.5 Å². The van der Waals surface area contributed by atoms with Crippen LogP contribution in [0.25, 0.3) is 0 Å². The first-order valence-electron chi connectivity index (χ1n) is 10.8. The van der Waals surface area contributed by atoms with Gasteiger partial charge in [-0.05, 0) is 51.1 Å². The van der Waals surface area contributed by atoms with E-state index in [9.17, 15) is 18.4 Å². The molecule has 0 aromatic carbocycles. The van der Waals surface area contributed by atoms with Gasteiger partial charge in [-0.1, -0.05) is 0 Å². The molecule has 0 spiro atoms. The lowest BCUT2D eigenvalue weighted by molar-refractivity contribution is -0.138. The van der Waals surface area contributed by atoms with Crippen LogP contribution in [-0.4, -0.2) is 64.5 Å². The van der Waals surface area contributed by atoms with Gasteiger partial charge in [-0.15, -0.1) is 0 Å². The highest BCUT2D eigenvalue weighted by atomic mass is 19.3. The fourth-order valence-corrected chi connectivity index (χ4v) is 4.70. The van der Waals surface area contributed by atoms with Crippen molar-refractivity contribution >= 4 is 30.3 Å². The third-order valence-electron chi connectivity index (χ3n) is 6.33. The largest absolute Gasteiger partial charge is 0.364 e. The lowest BCUT2D eigenvalue weighted by Crippen LogP contribution is -2.56. The third-order valence-corrected chi connectivity index (χ3v) is 6.33. The van der Waals surface area contributed by atoms with Gasteiger partial charge < -0.3 is 20.9 Å². The number of nitrogens with two attached hydrogens (primary N) is 1. The Morgan fingerprint density at radius 2 is 1.94 bits per heavy atom. The van der Waals surface area contributed by atoms with Crippen molar-refractivity contribution in [1.29, 1.82) is 0 Å². The smallest absolute Gasteiger partial charge is 0.267 e. The molecule has 2 amide bonds. The van der Waals surface area contributed by atoms with Gasteiger partial charge >= 0.3 is 0 Å². The molecule has 3 N–H and O–H groups in total. The number of primary amides is 1. The van der Waals surface area contributed by atoms with E-state index in [0.29, 0.717) is 36.1 Å². The molecule has 1 aromatic heterocycles. The van der Waals surface area contributed by atoms with Crippen molar-refractivity contribution in [3.8, 4) is 0 Å². The molecule has 4 rings (SSSR count). The minimum absolute atomic E-state index is 0.0812. The number of fused-ring (bicyclic) bond motifs is 2. The zero-order valence-corrected chi connectivity index (χ0v) is 18.6. The molecule has 0 radical (unpaired) electrons. The van der Waals surface area contributed by atoms with Gasteiger partial charge in [-0.3, -0.25) is 14.6 Å². The fraction of sp³-hybridized carbons (Fsp3) is 0.500. The van der Waals surface area contributed by atoms with Crippen LogP contribution in [0.15, 0.2) is 40.3 Å². The Morgan fingerprint density at radius 3 is 2.48 bits per heavy atom. The number of amides is 2. The number of halogens is 2. The van der Waals surface area contributed by atoms with E-state index in [1.54, 1.807) is 37.1 Å². The van der Waals surface area contributed by atoms with Crippen molar-refractivity contribution in [2.24, 2.45) is 16.6 Å². The Balaban J connectivity index is 1.45. The highest BCUT2D eigenvalue weighted by Crippen LogP contribution is 2.51. The van der Waals surface area contributed by atoms with E-state index in [1.807, 2.05) is 0 Å². The van der Waals surface area contributed by atoms with Gasteiger partial charge in [0.2, 0.25) is 11.9 Å². The highest BCUT2D eigenvalue weighted by molar-refractivity contribution is 5.93. The van der Waals surface area contributed by atoms with E-state index in [1.165, 1.54) is 0 Å². The van der Waals surface area contributed by atoms with E-state index in [0.717, 1.165) is 12.8 Å². The lowest BCUT2D eigenvalue weighted by atomic mass is 10.1. The van der Waals surface area contributed by atoms with Gasteiger partial charge in [-0.25, -0.2) is 13.8 Å². The fourth-order valence-electron chi connectivity index (χ4n) is 4.70. The number of carbonyl (C=O) groups excluding carboxylic acids is 2. The Morgan fingerprint density at radius 1 is 1.30 bits per heavy atom. The van der Waals surface area contributed by atoms with E-state index in [2.05, 4.69) is 31.9 Å². The molecule has 0 unspecified atom stereocenters. The summed E-state index contributed by atoms with van der Waals surface area (Å²) in [6.45, 7) is 7.94. The number of alkyl halides is 2. The van der Waals surface area contributed by atoms with Gasteiger partial charge in [0.1, 0.15) is 17.4 Å². The van der Waals surface area contributed by atoms with Crippen molar-refractivity contribution in [2.45, 2.75) is 51.1 Å². The van der Waals surface area contributed by atoms with E-state index in [-0.39, 0.29) is 24.2 Å². The molecule has 3 atom stereocenters. The molecule has 3 heterocycles. The summed E-state index contributed by atoms with van der Waals surface area (Å²) in [5.41, 5.74) is 6.60. The van der Waals surface area contributed by atoms with Crippen molar-refractivity contribution in [2.75, 3.05) is 23.3 Å². The summed E-state index contributed by atoms with van der Waals surface area (Å²) in [4.78, 5) is 40.3. The van der Waals surface area contributed by atoms with Crippen LogP contribution in [-0.2, 0) is 9.59 Å². The summed E-state index contributed by atoms with van der Waals surface area (Å²) in [6, 6.07) is 1.60. The van der Waals surface area contributed by atoms with Crippen molar-refractivity contribution in [3.63, 3.8) is 0 Å². The first-order valence-corrected chi connectivity index (χ1v) is 10.8. The minimum atomic E-state index is -2.85. The molecular formula is C22H27F2N7O2. The highest BCUT2D eigenvalue weighted by Gasteiger charge is 2.64. The van der Waals surface area contributed by atoms with E-state index in [4.69, 9.17) is 5.73 Å². The number of nitrogens with zero attached hydrogens (tertiary/aromatic N) is 5. The second-order valence-electron chi connectivity index (χ2n) is 8.80. The summed E-state index contributed by atoms with van der Waals surface area (Å²) in [5, 5.41) is 3.08. The number of allylic oxidation sites excluding steroid dienone is 3. The molecule has 2 bridgehead atoms. The minimum Gasteiger partial charge on any atom is -0.364 e. The van der Waals surface area contributed by atoms with Crippen LogP contribution in [0.2, 0.25) is 0 Å². The zero-order chi connectivity index (χ0) is 23.9. The number of rotatable bonds is 7. The number of hydrogen-bond acceptors (Lipinski definition) is 7. The van der Waals surface area contributed by atoms with Crippen LogP contribution in [0, 0.1) is 5.92 Å². The average Bonchev–Trinajstić information content (AvgIpc) is 3.31. The maximum absolute atomic E-state index is 13.4. The number of aromatic nitrogens is 2. The Bertz CT molecular complexity index is 1040. The molecule has 2 saturated heterocycles. The number of anilines is 2. The number of nitrogens with one attached hydrogen (secondary N) is 1. The quantitative estimate of drug-likeness (QED) is 0.366. The topological polar surface area (TPSA) is 117 Å². The van der Waals surface area contributed by atoms with Gasteiger partial charge in [0, 0.05) is 43.5 Å². The average molecular weight is 460 g/mol. The molecule has 1 aliphatic carbocycles. The number of aliphatic imine (C=N–C) groups is 1. The summed E-state index contributed by atoms with van der Waals surface area (Å²) < 4.78 is 26.9. The standard InChI is InChI=1S/C22H27F2N7O2/c1-12(18(26-3)19(25)32)8-13(2)28-21-27-7-6-17(29-21)30-10-14-4-5-15(11-30)31(14)20(33)16-9-22(16,23)24/h6-8,14-16H,3-5,9-11H2,1-2H3,(H2,25,32)(H,27,28,29)/b13-8+,18-12-/t14-,15+,16-/m0/s1. The molecule has 9 nitrogen and oxygen atoms in total. The van der Waals surface area contributed by atoms with Gasteiger partial charge in [0.05, 0.1) is 0 Å². The van der Waals surface area contributed by atoms with Gasteiger partial charge in [-0.2, -0.15) is 4.98 Å². The first-order chi connectivity index (χ1) is 15.6. The molecule has 11 heteroatoms. The maximum Gasteiger partial charge on any atom is 0.267 e. The SMILES string of the molecule is C=N/C(C(N)=O)=C(C)\C=C(/C)Nc1nccc(N2C[C@H]3CC[C@@H](C2)N3C(=O)[C@@H]2CC2(F)F)n1. The van der Waals surface area contributed by atoms with E-state index >= 15 is 0 Å². The lowest BCUT2D eigenvalue weighted by Gasteiger charge is -2.41. The normalized spacial score (nSPS) is 26.5. The summed E-state index contributed by atoms with van der Waals surface area (Å²) >= 11 is 0. The van der Waals surface area contributed by atoms with Crippen LogP contribution < -0.4 is 16.0 Å². The summed E-state index contributed by atoms with van der Waals surface area (Å²) in [6.07, 6.45) is 4.59. The number of hydrogen-bond donors (Lipinski definition) is 2. The Kier molecular flexibility index (Phi) is 5.89. The molecule has 1 saturated carbocycles. The molecule has 2 aliphatic heterocycles. The molecule has 3 aliphatic rings. The molecule has 176 valence electrons. The second kappa shape index (κ2) is 8.53. The molecule has 33 heavy (non-hydrogen) atoms. The summed E-state index contributed by atoms with van der Waals surface area (Å²) in [7, 11) is 0. The van der Waals surface area contributed by atoms with Crippen LogP contribution in [0.3, 0.4) is 0 Å². The predicted octanol–water partition coefficient (Wildman–Crippen LogP) is 2.09. The van der Waals surface area contributed by atoms with Crippen molar-refractivity contribution in [1.82, 2.24) is 14.9 Å². The number of carbonyl (C=O) groups is 2. The number of piperazine rings is 1. The first kappa shape index (κ1) is 22.8. The van der Waals surface area contributed by atoms with Crippen molar-refractivity contribution < 1.29 is 18.4 Å². The molecule has 3 fully saturated rings. The van der Waals surface area contributed by atoms with Gasteiger partial charge in [0.25, 0.3) is 11.8 Å². The zero-order valence-electron chi connectivity index (χ0n) is 18.6. The summed E-state index contributed by atoms with van der Waals surface area (Å²) in [5.74, 6) is -4.02. The molecule has 1 aromatic rings. The second-order valence-corrected chi connectivity index (χ2v) is 8.80. The monoisotopic (exact) mass is 459 g/mol. The molecular weight excluding hydrogens is 432 g/mol. The predicted molar refractivity (Wildman–Crippen MR) is 120 cm³/mol.